The molecule has 2 nitrogen and oxygen atoms in total. The molecular weight excluding hydrogens is 617 g/mol. The second kappa shape index (κ2) is 15.0. The SMILES string of the molecule is Cc1cc([C@H](C)c2ccccc2)c(N2C=[N+](c3c([C@H](C)c4ccccc4)cc(C)cc3[C@H](C)c3ccccc3)CC2)c([C@H](C)c2ccccc2)c1. The Labute approximate surface area is 305 Å². The van der Waals surface area contributed by atoms with Gasteiger partial charge in [-0.15, -0.1) is 0 Å². The first-order chi connectivity index (χ1) is 24.8. The van der Waals surface area contributed by atoms with E-state index in [1.807, 2.05) is 0 Å². The van der Waals surface area contributed by atoms with E-state index in [9.17, 15) is 0 Å². The molecule has 0 N–H and O–H groups in total. The lowest BCUT2D eigenvalue weighted by Gasteiger charge is -2.25. The van der Waals surface area contributed by atoms with Gasteiger partial charge in [0.15, 0.2) is 0 Å². The average Bonchev–Trinajstić information content (AvgIpc) is 3.66. The van der Waals surface area contributed by atoms with E-state index in [2.05, 4.69) is 203 Å². The van der Waals surface area contributed by atoms with Crippen LogP contribution < -0.4 is 4.90 Å². The molecule has 1 aliphatic heterocycles. The number of aryl methyl sites for hydroxylation is 2. The number of rotatable bonds is 10. The van der Waals surface area contributed by atoms with Crippen molar-refractivity contribution in [2.45, 2.75) is 65.2 Å². The molecule has 0 aromatic heterocycles. The molecule has 2 heteroatoms. The van der Waals surface area contributed by atoms with Crippen molar-refractivity contribution in [3.63, 3.8) is 0 Å². The summed E-state index contributed by atoms with van der Waals surface area (Å²) >= 11 is 0. The highest BCUT2D eigenvalue weighted by molar-refractivity contribution is 5.84. The zero-order valence-corrected chi connectivity index (χ0v) is 31.1. The Bertz CT molecular complexity index is 1980. The molecule has 7 rings (SSSR count). The van der Waals surface area contributed by atoms with E-state index in [1.54, 1.807) is 0 Å². The second-order valence-electron chi connectivity index (χ2n) is 14.6. The van der Waals surface area contributed by atoms with Crippen LogP contribution >= 0.6 is 0 Å². The largest absolute Gasteiger partial charge is 0.244 e. The maximum absolute atomic E-state index is 2.57. The number of benzene rings is 6. The lowest BCUT2D eigenvalue weighted by Crippen LogP contribution is -2.23. The van der Waals surface area contributed by atoms with Gasteiger partial charge in [0.05, 0.1) is 0 Å². The first-order valence-electron chi connectivity index (χ1n) is 18.7. The standard InChI is InChI=1S/C49H51N2/c1-34-29-44(36(3)40-19-11-7-12-20-40)48(45(30-34)37(4)41-21-13-8-14-22-41)50-27-28-51(33-50)49-46(38(5)42-23-15-9-16-24-42)31-35(2)32-47(49)39(6)43-25-17-10-18-26-43/h7-26,29-33,36-39H,27-28H2,1-6H3/q+1/t36-,37-,38-,39-/m1/s1. The molecule has 1 heterocycles. The van der Waals surface area contributed by atoms with Crippen molar-refractivity contribution in [2.24, 2.45) is 0 Å². The molecule has 0 saturated carbocycles. The van der Waals surface area contributed by atoms with Crippen LogP contribution in [-0.4, -0.2) is 24.0 Å². The van der Waals surface area contributed by atoms with Gasteiger partial charge < -0.3 is 0 Å². The molecule has 0 amide bonds. The van der Waals surface area contributed by atoms with Crippen LogP contribution in [0.3, 0.4) is 0 Å². The number of anilines is 1. The fraction of sp³-hybridized carbons (Fsp3) is 0.245. The number of nitrogens with zero attached hydrogens (tertiary/aromatic N) is 2. The van der Waals surface area contributed by atoms with Crippen LogP contribution in [0.1, 0.15) is 107 Å². The van der Waals surface area contributed by atoms with E-state index >= 15 is 0 Å². The van der Waals surface area contributed by atoms with Crippen LogP contribution in [0.5, 0.6) is 0 Å². The average molecular weight is 668 g/mol. The molecular formula is C49H51N2+. The zero-order valence-electron chi connectivity index (χ0n) is 31.1. The van der Waals surface area contributed by atoms with Gasteiger partial charge in [-0.1, -0.05) is 184 Å². The Morgan fingerprint density at radius 2 is 0.765 bits per heavy atom. The van der Waals surface area contributed by atoms with E-state index in [0.29, 0.717) is 0 Å². The van der Waals surface area contributed by atoms with Gasteiger partial charge in [-0.3, -0.25) is 0 Å². The van der Waals surface area contributed by atoms with E-state index in [0.717, 1.165) is 13.1 Å². The van der Waals surface area contributed by atoms with Crippen molar-refractivity contribution in [1.82, 2.24) is 0 Å². The van der Waals surface area contributed by atoms with Gasteiger partial charge in [-0.05, 0) is 36.1 Å². The van der Waals surface area contributed by atoms with Crippen molar-refractivity contribution in [3.8, 4) is 0 Å². The van der Waals surface area contributed by atoms with Crippen molar-refractivity contribution >= 4 is 17.7 Å². The molecule has 51 heavy (non-hydrogen) atoms. The first-order valence-corrected chi connectivity index (χ1v) is 18.7. The molecule has 0 fully saturated rings. The lowest BCUT2D eigenvalue weighted by atomic mass is 9.83. The van der Waals surface area contributed by atoms with E-state index in [-0.39, 0.29) is 23.7 Å². The Hall–Kier alpha value is -5.21. The fourth-order valence-electron chi connectivity index (χ4n) is 8.18. The van der Waals surface area contributed by atoms with Gasteiger partial charge >= 0.3 is 0 Å². The highest BCUT2D eigenvalue weighted by Gasteiger charge is 2.34. The highest BCUT2D eigenvalue weighted by Crippen LogP contribution is 2.44. The van der Waals surface area contributed by atoms with Gasteiger partial charge in [0, 0.05) is 45.9 Å². The summed E-state index contributed by atoms with van der Waals surface area (Å²) in [6.07, 6.45) is 2.43. The number of hydrogen-bond acceptors (Lipinski definition) is 1. The molecule has 6 aromatic carbocycles. The summed E-state index contributed by atoms with van der Waals surface area (Å²) in [5.74, 6) is 0.970. The van der Waals surface area contributed by atoms with Crippen molar-refractivity contribution in [2.75, 3.05) is 18.0 Å². The third kappa shape index (κ3) is 7.06. The van der Waals surface area contributed by atoms with Crippen LogP contribution in [0.2, 0.25) is 0 Å². The Balaban J connectivity index is 1.43. The quantitative estimate of drug-likeness (QED) is 0.132. The van der Waals surface area contributed by atoms with E-state index < -0.39 is 0 Å². The molecule has 6 aromatic rings. The van der Waals surface area contributed by atoms with Gasteiger partial charge in [-0.2, -0.15) is 0 Å². The summed E-state index contributed by atoms with van der Waals surface area (Å²) in [7, 11) is 0. The molecule has 0 saturated heterocycles. The molecule has 0 aliphatic carbocycles. The van der Waals surface area contributed by atoms with Crippen LogP contribution in [0.15, 0.2) is 146 Å². The topological polar surface area (TPSA) is 6.25 Å². The Morgan fingerprint density at radius 3 is 1.12 bits per heavy atom. The summed E-state index contributed by atoms with van der Waals surface area (Å²) in [5.41, 5.74) is 16.2. The van der Waals surface area contributed by atoms with Crippen molar-refractivity contribution in [1.29, 1.82) is 0 Å². The molecule has 0 unspecified atom stereocenters. The van der Waals surface area contributed by atoms with Gasteiger partial charge in [-0.25, -0.2) is 9.48 Å². The van der Waals surface area contributed by atoms with Crippen molar-refractivity contribution < 1.29 is 4.58 Å². The van der Waals surface area contributed by atoms with Crippen LogP contribution in [-0.2, 0) is 0 Å². The third-order valence-electron chi connectivity index (χ3n) is 11.1. The maximum atomic E-state index is 2.57. The summed E-state index contributed by atoms with van der Waals surface area (Å²) in [6.45, 7) is 15.8. The third-order valence-corrected chi connectivity index (χ3v) is 11.1. The number of hydrogen-bond donors (Lipinski definition) is 0. The molecule has 256 valence electrons. The minimum Gasteiger partial charge on any atom is -0.229 e. The molecule has 0 spiro atoms. The Morgan fingerprint density at radius 1 is 0.451 bits per heavy atom. The lowest BCUT2D eigenvalue weighted by molar-refractivity contribution is -0.425. The van der Waals surface area contributed by atoms with Gasteiger partial charge in [0.1, 0.15) is 24.5 Å². The first kappa shape index (κ1) is 34.2. The summed E-state index contributed by atoms with van der Waals surface area (Å²) in [5, 5.41) is 0. The fourth-order valence-corrected chi connectivity index (χ4v) is 8.18. The Kier molecular flexibility index (Phi) is 10.0. The molecule has 0 radical (unpaired) electrons. The molecule has 0 bridgehead atoms. The van der Waals surface area contributed by atoms with E-state index in [4.69, 9.17) is 0 Å². The summed E-state index contributed by atoms with van der Waals surface area (Å²) in [4.78, 5) is 2.57. The second-order valence-corrected chi connectivity index (χ2v) is 14.6. The van der Waals surface area contributed by atoms with Gasteiger partial charge in [0.2, 0.25) is 6.34 Å². The maximum Gasteiger partial charge on any atom is 0.244 e. The van der Waals surface area contributed by atoms with Crippen LogP contribution in [0.25, 0.3) is 0 Å². The zero-order chi connectivity index (χ0) is 35.5. The summed E-state index contributed by atoms with van der Waals surface area (Å²) in [6, 6.07) is 53.7. The highest BCUT2D eigenvalue weighted by atomic mass is 15.3. The van der Waals surface area contributed by atoms with Crippen molar-refractivity contribution in [3.05, 3.63) is 201 Å². The minimum atomic E-state index is 0.243. The van der Waals surface area contributed by atoms with Crippen LogP contribution in [0.4, 0.5) is 11.4 Å². The monoisotopic (exact) mass is 667 g/mol. The smallest absolute Gasteiger partial charge is 0.229 e. The van der Waals surface area contributed by atoms with E-state index in [1.165, 1.54) is 67.0 Å². The minimum absolute atomic E-state index is 0.243. The summed E-state index contributed by atoms with van der Waals surface area (Å²) < 4.78 is 2.57. The molecule has 1 aliphatic rings. The predicted molar refractivity (Wildman–Crippen MR) is 216 cm³/mol. The van der Waals surface area contributed by atoms with Crippen LogP contribution in [0, 0.1) is 13.8 Å². The van der Waals surface area contributed by atoms with Gasteiger partial charge in [0.25, 0.3) is 0 Å². The predicted octanol–water partition coefficient (Wildman–Crippen LogP) is 12.1. The molecule has 4 atom stereocenters. The normalized spacial score (nSPS) is 15.3.